The van der Waals surface area contributed by atoms with Crippen molar-refractivity contribution in [3.8, 4) is 17.0 Å². The van der Waals surface area contributed by atoms with Crippen LogP contribution in [0.25, 0.3) is 17.3 Å². The van der Waals surface area contributed by atoms with Crippen LogP contribution in [-0.4, -0.2) is 27.9 Å². The molecule has 5 rings (SSSR count). The smallest absolute Gasteiger partial charge is 0.337 e. The van der Waals surface area contributed by atoms with Crippen LogP contribution in [0, 0.1) is 0 Å². The summed E-state index contributed by atoms with van der Waals surface area (Å²) < 4.78 is 6.06. The summed E-state index contributed by atoms with van der Waals surface area (Å²) in [4.78, 5) is 42.1. The van der Waals surface area contributed by atoms with Gasteiger partial charge in [0, 0.05) is 27.9 Å². The zero-order valence-corrected chi connectivity index (χ0v) is 20.8. The molecular formula is C30H21ClN2O5. The van der Waals surface area contributed by atoms with Crippen molar-refractivity contribution in [3.63, 3.8) is 0 Å². The molecule has 1 fully saturated rings. The lowest BCUT2D eigenvalue weighted by Crippen LogP contribution is -2.28. The molecule has 0 saturated carbocycles. The average molecular weight is 525 g/mol. The molecule has 8 heteroatoms. The molecule has 1 saturated heterocycles. The van der Waals surface area contributed by atoms with Crippen molar-refractivity contribution in [1.29, 1.82) is 0 Å². The standard InChI is InChI=1S/C30H21ClN2O5/c31-24-5-3-6-25(16-24)33-28(34)15-23(29(33)35)14-21-4-1-2-7-27(21)38-18-19-8-10-20(11-9-19)26-13-12-22(17-32-26)30(36)37/h1-14,16-17H,15,18H2,(H,36,37)/b23-14+. The van der Waals surface area contributed by atoms with Gasteiger partial charge in [-0.2, -0.15) is 0 Å². The fourth-order valence-corrected chi connectivity index (χ4v) is 4.29. The number of para-hydroxylation sites is 1. The number of hydrogen-bond donors (Lipinski definition) is 1. The highest BCUT2D eigenvalue weighted by Gasteiger charge is 2.35. The van der Waals surface area contributed by atoms with E-state index in [2.05, 4.69) is 4.98 Å². The maximum Gasteiger partial charge on any atom is 0.337 e. The van der Waals surface area contributed by atoms with E-state index >= 15 is 0 Å². The van der Waals surface area contributed by atoms with Gasteiger partial charge in [0.2, 0.25) is 5.91 Å². The monoisotopic (exact) mass is 524 g/mol. The normalized spacial score (nSPS) is 14.2. The molecule has 1 aromatic heterocycles. The van der Waals surface area contributed by atoms with Crippen molar-refractivity contribution in [1.82, 2.24) is 4.98 Å². The Hall–Kier alpha value is -4.75. The summed E-state index contributed by atoms with van der Waals surface area (Å²) in [6.45, 7) is 0.285. The van der Waals surface area contributed by atoms with Gasteiger partial charge < -0.3 is 9.84 Å². The molecule has 0 atom stereocenters. The van der Waals surface area contributed by atoms with Gasteiger partial charge in [-0.05, 0) is 48.0 Å². The van der Waals surface area contributed by atoms with Crippen LogP contribution in [0.2, 0.25) is 5.02 Å². The van der Waals surface area contributed by atoms with Gasteiger partial charge in [-0.3, -0.25) is 14.6 Å². The van der Waals surface area contributed by atoms with E-state index in [1.807, 2.05) is 48.5 Å². The molecule has 0 unspecified atom stereocenters. The summed E-state index contributed by atoms with van der Waals surface area (Å²) in [5.74, 6) is -1.13. The topological polar surface area (TPSA) is 96.8 Å². The van der Waals surface area contributed by atoms with E-state index in [1.165, 1.54) is 12.3 Å². The van der Waals surface area contributed by atoms with Crippen molar-refractivity contribution < 1.29 is 24.2 Å². The summed E-state index contributed by atoms with van der Waals surface area (Å²) in [5, 5.41) is 9.48. The molecule has 2 amide bonds. The number of anilines is 1. The Labute approximate surface area is 223 Å². The lowest BCUT2D eigenvalue weighted by atomic mass is 10.1. The van der Waals surface area contributed by atoms with Gasteiger partial charge >= 0.3 is 5.97 Å². The van der Waals surface area contributed by atoms with E-state index in [0.29, 0.717) is 33.3 Å². The number of pyridine rings is 1. The highest BCUT2D eigenvalue weighted by atomic mass is 35.5. The third-order valence-corrected chi connectivity index (χ3v) is 6.27. The first-order chi connectivity index (χ1) is 18.4. The predicted octanol–water partition coefficient (Wildman–Crippen LogP) is 6.03. The number of imide groups is 1. The zero-order chi connectivity index (χ0) is 26.6. The summed E-state index contributed by atoms with van der Waals surface area (Å²) in [6, 6.07) is 24.7. The van der Waals surface area contributed by atoms with Crippen LogP contribution in [-0.2, 0) is 16.2 Å². The van der Waals surface area contributed by atoms with Gasteiger partial charge in [0.05, 0.1) is 23.4 Å². The van der Waals surface area contributed by atoms with E-state index in [9.17, 15) is 14.4 Å². The van der Waals surface area contributed by atoms with Crippen molar-refractivity contribution in [3.05, 3.63) is 118 Å². The number of hydrogen-bond acceptors (Lipinski definition) is 5. The van der Waals surface area contributed by atoms with Crippen LogP contribution in [0.1, 0.15) is 27.9 Å². The molecule has 4 aromatic rings. The largest absolute Gasteiger partial charge is 0.488 e. The molecule has 38 heavy (non-hydrogen) atoms. The van der Waals surface area contributed by atoms with Gasteiger partial charge in [0.1, 0.15) is 12.4 Å². The molecule has 3 aromatic carbocycles. The van der Waals surface area contributed by atoms with Crippen molar-refractivity contribution in [2.45, 2.75) is 13.0 Å². The van der Waals surface area contributed by atoms with E-state index in [4.69, 9.17) is 21.4 Å². The molecule has 0 aliphatic carbocycles. The van der Waals surface area contributed by atoms with Crippen LogP contribution < -0.4 is 9.64 Å². The van der Waals surface area contributed by atoms with Crippen molar-refractivity contribution in [2.24, 2.45) is 0 Å². The lowest BCUT2D eigenvalue weighted by molar-refractivity contribution is -0.120. The summed E-state index contributed by atoms with van der Waals surface area (Å²) in [7, 11) is 0. The second-order valence-electron chi connectivity index (χ2n) is 8.62. The van der Waals surface area contributed by atoms with Gasteiger partial charge in [0.15, 0.2) is 0 Å². The first kappa shape index (κ1) is 24.9. The van der Waals surface area contributed by atoms with Crippen LogP contribution in [0.4, 0.5) is 5.69 Å². The maximum atomic E-state index is 13.0. The highest BCUT2D eigenvalue weighted by molar-refractivity contribution is 6.32. The Balaban J connectivity index is 1.30. The number of ether oxygens (including phenoxy) is 1. The number of amides is 2. The predicted molar refractivity (Wildman–Crippen MR) is 144 cm³/mol. The molecule has 188 valence electrons. The fraction of sp³-hybridized carbons (Fsp3) is 0.0667. The van der Waals surface area contributed by atoms with Gasteiger partial charge in [0.25, 0.3) is 5.91 Å². The molecule has 0 bridgehead atoms. The van der Waals surface area contributed by atoms with Crippen molar-refractivity contribution >= 4 is 41.1 Å². The number of carboxylic acids is 1. The minimum atomic E-state index is -1.02. The maximum absolute atomic E-state index is 13.0. The molecule has 7 nitrogen and oxygen atoms in total. The molecular weight excluding hydrogens is 504 g/mol. The Morgan fingerprint density at radius 2 is 1.79 bits per heavy atom. The number of halogens is 1. The molecule has 0 radical (unpaired) electrons. The Morgan fingerprint density at radius 3 is 2.50 bits per heavy atom. The third-order valence-electron chi connectivity index (χ3n) is 6.04. The highest BCUT2D eigenvalue weighted by Crippen LogP contribution is 2.31. The van der Waals surface area contributed by atoms with Gasteiger partial charge in [-0.15, -0.1) is 0 Å². The summed E-state index contributed by atoms with van der Waals surface area (Å²) in [5.41, 5.74) is 4.07. The lowest BCUT2D eigenvalue weighted by Gasteiger charge is -2.13. The Kier molecular flexibility index (Phi) is 7.02. The molecule has 0 spiro atoms. The van der Waals surface area contributed by atoms with Crippen LogP contribution in [0.5, 0.6) is 5.75 Å². The summed E-state index contributed by atoms with van der Waals surface area (Å²) in [6.07, 6.45) is 3.01. The SMILES string of the molecule is O=C(O)c1ccc(-c2ccc(COc3ccccc3/C=C3\CC(=O)N(c4cccc(Cl)c4)C3=O)cc2)nc1. The Bertz CT molecular complexity index is 1560. The summed E-state index contributed by atoms with van der Waals surface area (Å²) >= 11 is 6.04. The number of aromatic carboxylic acids is 1. The number of carboxylic acid groups (broad SMARTS) is 1. The van der Waals surface area contributed by atoms with Crippen molar-refractivity contribution in [2.75, 3.05) is 4.90 Å². The minimum Gasteiger partial charge on any atom is -0.488 e. The van der Waals surface area contributed by atoms with Crippen LogP contribution in [0.3, 0.4) is 0 Å². The molecule has 1 N–H and O–H groups in total. The van der Waals surface area contributed by atoms with Crippen LogP contribution >= 0.6 is 11.6 Å². The minimum absolute atomic E-state index is 0.0113. The number of benzene rings is 3. The second-order valence-corrected chi connectivity index (χ2v) is 9.06. The molecule has 1 aliphatic rings. The number of aromatic nitrogens is 1. The fourth-order valence-electron chi connectivity index (χ4n) is 4.11. The van der Waals surface area contributed by atoms with E-state index in [0.717, 1.165) is 16.0 Å². The van der Waals surface area contributed by atoms with Crippen LogP contribution in [0.15, 0.2) is 96.7 Å². The zero-order valence-electron chi connectivity index (χ0n) is 20.0. The number of rotatable bonds is 7. The van der Waals surface area contributed by atoms with E-state index in [-0.39, 0.29) is 30.4 Å². The van der Waals surface area contributed by atoms with E-state index < -0.39 is 5.97 Å². The molecule has 1 aliphatic heterocycles. The Morgan fingerprint density at radius 1 is 1.00 bits per heavy atom. The molecule has 2 heterocycles. The van der Waals surface area contributed by atoms with Gasteiger partial charge in [-0.25, -0.2) is 9.69 Å². The number of carbonyl (C=O) groups excluding carboxylic acids is 2. The van der Waals surface area contributed by atoms with Gasteiger partial charge in [-0.1, -0.05) is 60.1 Å². The number of carbonyl (C=O) groups is 3. The first-order valence-electron chi connectivity index (χ1n) is 11.7. The second kappa shape index (κ2) is 10.7. The quantitative estimate of drug-likeness (QED) is 0.234. The average Bonchev–Trinajstić information content (AvgIpc) is 3.20. The first-order valence-corrected chi connectivity index (χ1v) is 12.1. The number of nitrogens with zero attached hydrogens (tertiary/aromatic N) is 2. The third kappa shape index (κ3) is 5.33. The van der Waals surface area contributed by atoms with E-state index in [1.54, 1.807) is 36.4 Å².